The third-order valence-electron chi connectivity index (χ3n) is 2.81. The fraction of sp³-hybridized carbons (Fsp3) is 0.333. The van der Waals surface area contributed by atoms with Crippen molar-refractivity contribution >= 4 is 28.6 Å². The van der Waals surface area contributed by atoms with Gasteiger partial charge in [-0.25, -0.2) is 0 Å². The molecule has 1 aromatic carbocycles. The molecule has 1 heterocycles. The Hall–Kier alpha value is -0.990. The summed E-state index contributed by atoms with van der Waals surface area (Å²) in [5.74, 6) is 0.732. The third-order valence-corrected chi connectivity index (χ3v) is 4.01. The molecule has 0 saturated heterocycles. The van der Waals surface area contributed by atoms with Crippen molar-refractivity contribution in [3.63, 3.8) is 0 Å². The van der Waals surface area contributed by atoms with E-state index in [-0.39, 0.29) is 0 Å². The van der Waals surface area contributed by atoms with E-state index in [1.165, 1.54) is 16.1 Å². The molecule has 0 bridgehead atoms. The molecule has 18 heavy (non-hydrogen) atoms. The van der Waals surface area contributed by atoms with Crippen molar-refractivity contribution < 1.29 is 0 Å². The molecule has 0 fully saturated rings. The van der Waals surface area contributed by atoms with E-state index in [2.05, 4.69) is 47.1 Å². The van der Waals surface area contributed by atoms with E-state index >= 15 is 0 Å². The number of benzene rings is 1. The Morgan fingerprint density at radius 3 is 2.83 bits per heavy atom. The number of thiophene rings is 1. The number of aryl methyl sites for hydroxylation is 1. The third kappa shape index (κ3) is 4.35. The van der Waals surface area contributed by atoms with Crippen molar-refractivity contribution in [3.05, 3.63) is 52.2 Å². The van der Waals surface area contributed by atoms with Crippen molar-refractivity contribution in [2.75, 3.05) is 17.7 Å². The Kier molecular flexibility index (Phi) is 5.56. The molecule has 0 unspecified atom stereocenters. The number of nitrogens with one attached hydrogen (secondary N) is 1. The number of alkyl halides is 1. The van der Waals surface area contributed by atoms with Crippen molar-refractivity contribution in [3.8, 4) is 0 Å². The average Bonchev–Trinajstić information content (AvgIpc) is 2.90. The predicted octanol–water partition coefficient (Wildman–Crippen LogP) is 4.57. The zero-order valence-electron chi connectivity index (χ0n) is 10.4. The highest BCUT2D eigenvalue weighted by atomic mass is 35.5. The summed E-state index contributed by atoms with van der Waals surface area (Å²) in [6, 6.07) is 12.9. The first-order valence-electron chi connectivity index (χ1n) is 6.29. The van der Waals surface area contributed by atoms with Crippen molar-refractivity contribution in [1.82, 2.24) is 0 Å². The maximum atomic E-state index is 5.72. The molecule has 0 spiro atoms. The van der Waals surface area contributed by atoms with E-state index in [1.807, 2.05) is 11.3 Å². The van der Waals surface area contributed by atoms with Crippen LogP contribution in [-0.4, -0.2) is 12.4 Å². The van der Waals surface area contributed by atoms with Gasteiger partial charge in [-0.1, -0.05) is 18.2 Å². The summed E-state index contributed by atoms with van der Waals surface area (Å²) >= 11 is 7.54. The van der Waals surface area contributed by atoms with Crippen LogP contribution in [0, 0.1) is 0 Å². The lowest BCUT2D eigenvalue weighted by Gasteiger charge is -2.07. The van der Waals surface area contributed by atoms with Crippen LogP contribution < -0.4 is 5.32 Å². The number of rotatable bonds is 7. The Bertz CT molecular complexity index is 453. The fourth-order valence-corrected chi connectivity index (χ4v) is 2.74. The van der Waals surface area contributed by atoms with E-state index in [0.717, 1.165) is 31.7 Å². The van der Waals surface area contributed by atoms with Crippen LogP contribution in [-0.2, 0) is 12.8 Å². The van der Waals surface area contributed by atoms with Gasteiger partial charge in [0.1, 0.15) is 0 Å². The molecule has 0 aliphatic carbocycles. The summed E-state index contributed by atoms with van der Waals surface area (Å²) < 4.78 is 0. The van der Waals surface area contributed by atoms with E-state index in [0.29, 0.717) is 0 Å². The fourth-order valence-electron chi connectivity index (χ4n) is 1.89. The summed E-state index contributed by atoms with van der Waals surface area (Å²) in [6.07, 6.45) is 3.19. The minimum absolute atomic E-state index is 0.732. The van der Waals surface area contributed by atoms with E-state index in [9.17, 15) is 0 Å². The molecule has 0 saturated carbocycles. The van der Waals surface area contributed by atoms with Gasteiger partial charge in [0.2, 0.25) is 0 Å². The number of halogens is 1. The molecule has 0 aliphatic heterocycles. The van der Waals surface area contributed by atoms with E-state index < -0.39 is 0 Å². The summed E-state index contributed by atoms with van der Waals surface area (Å²) in [7, 11) is 0. The summed E-state index contributed by atoms with van der Waals surface area (Å²) in [5.41, 5.74) is 2.57. The zero-order chi connectivity index (χ0) is 12.6. The maximum Gasteiger partial charge on any atom is 0.0343 e. The molecule has 2 rings (SSSR count). The minimum Gasteiger partial charge on any atom is -0.385 e. The normalized spacial score (nSPS) is 10.5. The molecular formula is C15H18ClNS. The largest absolute Gasteiger partial charge is 0.385 e. The molecule has 0 aliphatic rings. The van der Waals surface area contributed by atoms with E-state index in [1.54, 1.807) is 0 Å². The maximum absolute atomic E-state index is 5.72. The number of hydrogen-bond donors (Lipinski definition) is 1. The van der Waals surface area contributed by atoms with Crippen molar-refractivity contribution in [2.24, 2.45) is 0 Å². The van der Waals surface area contributed by atoms with Gasteiger partial charge in [-0.3, -0.25) is 0 Å². The van der Waals surface area contributed by atoms with Gasteiger partial charge in [0.25, 0.3) is 0 Å². The van der Waals surface area contributed by atoms with Gasteiger partial charge in [-0.2, -0.15) is 0 Å². The number of hydrogen-bond acceptors (Lipinski definition) is 2. The van der Waals surface area contributed by atoms with Gasteiger partial charge < -0.3 is 5.32 Å². The van der Waals surface area contributed by atoms with Gasteiger partial charge >= 0.3 is 0 Å². The van der Waals surface area contributed by atoms with Gasteiger partial charge in [-0.15, -0.1) is 22.9 Å². The summed E-state index contributed by atoms with van der Waals surface area (Å²) in [5, 5.41) is 5.60. The van der Waals surface area contributed by atoms with Gasteiger partial charge in [0.15, 0.2) is 0 Å². The minimum atomic E-state index is 0.732. The molecule has 1 aromatic heterocycles. The summed E-state index contributed by atoms with van der Waals surface area (Å²) in [4.78, 5) is 1.43. The lowest BCUT2D eigenvalue weighted by atomic mass is 10.1. The van der Waals surface area contributed by atoms with Crippen LogP contribution in [0.2, 0.25) is 0 Å². The predicted molar refractivity (Wildman–Crippen MR) is 82.0 cm³/mol. The second-order valence-electron chi connectivity index (χ2n) is 4.25. The zero-order valence-corrected chi connectivity index (χ0v) is 11.9. The second-order valence-corrected chi connectivity index (χ2v) is 5.66. The first-order valence-corrected chi connectivity index (χ1v) is 7.71. The quantitative estimate of drug-likeness (QED) is 0.732. The Labute approximate surface area is 118 Å². The first-order chi connectivity index (χ1) is 8.88. The molecule has 0 amide bonds. The topological polar surface area (TPSA) is 12.0 Å². The molecule has 2 aromatic rings. The number of anilines is 1. The molecule has 96 valence electrons. The van der Waals surface area contributed by atoms with Crippen LogP contribution in [0.5, 0.6) is 0 Å². The highest BCUT2D eigenvalue weighted by Crippen LogP contribution is 2.14. The van der Waals surface area contributed by atoms with Gasteiger partial charge in [0, 0.05) is 23.0 Å². The SMILES string of the molecule is ClCCCc1cccc(NCCc2cccs2)c1. The van der Waals surface area contributed by atoms with Crippen LogP contribution in [0.25, 0.3) is 0 Å². The van der Waals surface area contributed by atoms with E-state index in [4.69, 9.17) is 11.6 Å². The van der Waals surface area contributed by atoms with Crippen LogP contribution >= 0.6 is 22.9 Å². The lowest BCUT2D eigenvalue weighted by molar-refractivity contribution is 0.928. The monoisotopic (exact) mass is 279 g/mol. The highest BCUT2D eigenvalue weighted by Gasteiger charge is 1.97. The smallest absolute Gasteiger partial charge is 0.0343 e. The molecular weight excluding hydrogens is 262 g/mol. The van der Waals surface area contributed by atoms with Crippen LogP contribution in [0.3, 0.4) is 0 Å². The average molecular weight is 280 g/mol. The summed E-state index contributed by atoms with van der Waals surface area (Å²) in [6.45, 7) is 0.986. The van der Waals surface area contributed by atoms with Gasteiger partial charge in [-0.05, 0) is 48.4 Å². The first kappa shape index (κ1) is 13.4. The van der Waals surface area contributed by atoms with Crippen LogP contribution in [0.15, 0.2) is 41.8 Å². The molecule has 0 atom stereocenters. The Balaban J connectivity index is 1.81. The molecule has 1 N–H and O–H groups in total. The van der Waals surface area contributed by atoms with Crippen LogP contribution in [0.4, 0.5) is 5.69 Å². The molecule has 3 heteroatoms. The van der Waals surface area contributed by atoms with Crippen molar-refractivity contribution in [1.29, 1.82) is 0 Å². The molecule has 1 nitrogen and oxygen atoms in total. The van der Waals surface area contributed by atoms with Crippen LogP contribution in [0.1, 0.15) is 16.9 Å². The highest BCUT2D eigenvalue weighted by molar-refractivity contribution is 7.09. The standard InChI is InChI=1S/C15H18ClNS/c16-9-2-5-13-4-1-6-14(12-13)17-10-8-15-7-3-11-18-15/h1,3-4,6-7,11-12,17H,2,5,8-10H2. The van der Waals surface area contributed by atoms with Gasteiger partial charge in [0.05, 0.1) is 0 Å². The molecule has 0 radical (unpaired) electrons. The lowest BCUT2D eigenvalue weighted by Crippen LogP contribution is -2.04. The Morgan fingerprint density at radius 2 is 2.06 bits per heavy atom. The van der Waals surface area contributed by atoms with Crippen molar-refractivity contribution in [2.45, 2.75) is 19.3 Å². The Morgan fingerprint density at radius 1 is 1.11 bits per heavy atom. The second kappa shape index (κ2) is 7.45.